The van der Waals surface area contributed by atoms with Crippen molar-refractivity contribution in [1.29, 1.82) is 0 Å². The second-order valence-electron chi connectivity index (χ2n) is 8.28. The molecule has 0 atom stereocenters. The van der Waals surface area contributed by atoms with Gasteiger partial charge in [0.15, 0.2) is 11.5 Å². The fourth-order valence-corrected chi connectivity index (χ4v) is 4.59. The number of hydrogen-bond donors (Lipinski definition) is 1. The smallest absolute Gasteiger partial charge is 0.232 e. The molecule has 1 aliphatic heterocycles. The van der Waals surface area contributed by atoms with Gasteiger partial charge in [0.25, 0.3) is 0 Å². The van der Waals surface area contributed by atoms with E-state index in [1.165, 1.54) is 6.33 Å². The predicted molar refractivity (Wildman–Crippen MR) is 141 cm³/mol. The average molecular weight is 489 g/mol. The lowest BCUT2D eigenvalue weighted by atomic mass is 9.95. The molecule has 8 heteroatoms. The lowest BCUT2D eigenvalue weighted by Crippen LogP contribution is -2.39. The number of ether oxygens (including phenoxy) is 2. The second kappa shape index (κ2) is 11.1. The number of nitrogens with two attached hydrogens (primary N) is 1. The van der Waals surface area contributed by atoms with Gasteiger partial charge in [-0.15, -0.1) is 0 Å². The van der Waals surface area contributed by atoms with Crippen LogP contribution in [0.15, 0.2) is 59.3 Å². The lowest BCUT2D eigenvalue weighted by Gasteiger charge is -2.31. The number of methoxy groups -OCH3 is 2. The number of carbonyl (C=O) groups is 1. The summed E-state index contributed by atoms with van der Waals surface area (Å²) in [5.74, 6) is 2.38. The number of rotatable bonds is 6. The first-order valence-electron chi connectivity index (χ1n) is 12.2. The van der Waals surface area contributed by atoms with Gasteiger partial charge >= 0.3 is 0 Å². The number of carbonyl (C=O) groups excluding carboxylic acids is 1. The second-order valence-corrected chi connectivity index (χ2v) is 8.28. The van der Waals surface area contributed by atoms with Crippen LogP contribution in [0.5, 0.6) is 11.5 Å². The Bertz CT molecular complexity index is 1330. The van der Waals surface area contributed by atoms with Crippen molar-refractivity contribution in [2.24, 2.45) is 11.7 Å². The summed E-state index contributed by atoms with van der Waals surface area (Å²) in [7, 11) is 3.22. The molecule has 1 aliphatic rings. The van der Waals surface area contributed by atoms with Gasteiger partial charge in [-0.3, -0.25) is 4.79 Å². The third-order valence-corrected chi connectivity index (χ3v) is 6.37. The van der Waals surface area contributed by atoms with Crippen LogP contribution in [0.3, 0.4) is 0 Å². The third kappa shape index (κ3) is 4.71. The summed E-state index contributed by atoms with van der Waals surface area (Å²) >= 11 is 0. The van der Waals surface area contributed by atoms with E-state index in [2.05, 4.69) is 14.9 Å². The maximum Gasteiger partial charge on any atom is 0.232 e. The molecule has 0 unspecified atom stereocenters. The quantitative estimate of drug-likeness (QED) is 0.393. The molecule has 2 aromatic heterocycles. The first kappa shape index (κ1) is 25.0. The molecule has 0 saturated carbocycles. The summed E-state index contributed by atoms with van der Waals surface area (Å²) in [5, 5.41) is 0.844. The van der Waals surface area contributed by atoms with Gasteiger partial charge in [0.1, 0.15) is 17.9 Å². The molecule has 8 nitrogen and oxygen atoms in total. The largest absolute Gasteiger partial charge is 0.493 e. The Hall–Kier alpha value is -4.07. The summed E-state index contributed by atoms with van der Waals surface area (Å²) in [5.41, 5.74) is 8.79. The molecule has 1 amide bonds. The van der Waals surface area contributed by atoms with Crippen LogP contribution >= 0.6 is 0 Å². The zero-order valence-corrected chi connectivity index (χ0v) is 21.2. The molecule has 2 N–H and O–H groups in total. The van der Waals surface area contributed by atoms with Crippen LogP contribution in [0.1, 0.15) is 26.7 Å². The highest BCUT2D eigenvalue weighted by molar-refractivity contribution is 6.06. The number of benzene rings is 2. The Kier molecular flexibility index (Phi) is 7.73. The minimum Gasteiger partial charge on any atom is -0.493 e. The molecule has 1 saturated heterocycles. The molecule has 2 aromatic carbocycles. The van der Waals surface area contributed by atoms with Crippen LogP contribution in [0.2, 0.25) is 0 Å². The summed E-state index contributed by atoms with van der Waals surface area (Å²) in [4.78, 5) is 22.9. The Balaban J connectivity index is 0.00000148. The van der Waals surface area contributed by atoms with E-state index in [4.69, 9.17) is 19.6 Å². The Morgan fingerprint density at radius 3 is 2.31 bits per heavy atom. The van der Waals surface area contributed by atoms with E-state index in [0.29, 0.717) is 48.9 Å². The molecule has 0 aliphatic carbocycles. The molecular weight excluding hydrogens is 456 g/mol. The van der Waals surface area contributed by atoms with Gasteiger partial charge in [-0.05, 0) is 36.6 Å². The van der Waals surface area contributed by atoms with Gasteiger partial charge in [0.05, 0.1) is 19.6 Å². The minimum atomic E-state index is -0.239. The lowest BCUT2D eigenvalue weighted by molar-refractivity contribution is -0.122. The monoisotopic (exact) mass is 488 g/mol. The Morgan fingerprint density at radius 2 is 1.67 bits per heavy atom. The highest BCUT2D eigenvalue weighted by atomic mass is 16.5. The number of fused-ring (bicyclic) bond motifs is 1. The molecule has 0 bridgehead atoms. The molecule has 4 aromatic rings. The van der Waals surface area contributed by atoms with E-state index >= 15 is 0 Å². The summed E-state index contributed by atoms with van der Waals surface area (Å²) in [6.45, 7) is 5.37. The number of amides is 1. The molecular formula is C28H32N4O4. The molecule has 3 heterocycles. The topological polar surface area (TPSA) is 104 Å². The van der Waals surface area contributed by atoms with Crippen molar-refractivity contribution in [3.05, 3.63) is 54.9 Å². The van der Waals surface area contributed by atoms with Crippen molar-refractivity contribution >= 4 is 22.8 Å². The zero-order chi connectivity index (χ0) is 25.7. The molecule has 0 spiro atoms. The van der Waals surface area contributed by atoms with Gasteiger partial charge in [0.2, 0.25) is 11.6 Å². The van der Waals surface area contributed by atoms with Crippen LogP contribution in [-0.4, -0.2) is 43.2 Å². The zero-order valence-electron chi connectivity index (χ0n) is 21.2. The molecule has 0 radical (unpaired) electrons. The molecule has 188 valence electrons. The highest BCUT2D eigenvalue weighted by Crippen LogP contribution is 2.45. The van der Waals surface area contributed by atoms with Crippen molar-refractivity contribution in [2.75, 3.05) is 32.2 Å². The number of nitrogens with zero attached hydrogens (tertiary/aromatic N) is 3. The van der Waals surface area contributed by atoms with Crippen LogP contribution in [0.25, 0.3) is 33.6 Å². The maximum absolute atomic E-state index is 11.7. The van der Waals surface area contributed by atoms with E-state index < -0.39 is 0 Å². The van der Waals surface area contributed by atoms with Crippen molar-refractivity contribution < 1.29 is 18.7 Å². The van der Waals surface area contributed by atoms with Gasteiger partial charge in [0, 0.05) is 30.1 Å². The summed E-state index contributed by atoms with van der Waals surface area (Å²) in [6.07, 6.45) is 2.91. The normalized spacial score (nSPS) is 13.7. The van der Waals surface area contributed by atoms with E-state index in [9.17, 15) is 4.79 Å². The summed E-state index contributed by atoms with van der Waals surface area (Å²) in [6, 6.07) is 15.8. The van der Waals surface area contributed by atoms with Gasteiger partial charge in [-0.25, -0.2) is 9.97 Å². The van der Waals surface area contributed by atoms with Gasteiger partial charge < -0.3 is 24.5 Å². The first-order valence-corrected chi connectivity index (χ1v) is 12.2. The van der Waals surface area contributed by atoms with E-state index in [1.807, 2.05) is 62.4 Å². The average Bonchev–Trinajstić information content (AvgIpc) is 3.34. The number of anilines is 1. The maximum atomic E-state index is 11.7. The standard InChI is InChI=1S/C26H26N4O4.C2H6/c1-32-19-9-8-18(14-20(19)33-2)23-21(16-6-4-3-5-7-16)22-25(28-15-29-26(22)34-23)30-12-10-17(11-13-30)24(27)31;1-2/h3-9,14-15,17H,10-13H2,1-2H3,(H2,27,31);1-2H3. The Labute approximate surface area is 211 Å². The van der Waals surface area contributed by atoms with E-state index in [-0.39, 0.29) is 11.8 Å². The fourth-order valence-electron chi connectivity index (χ4n) is 4.59. The molecule has 5 rings (SSSR count). The van der Waals surface area contributed by atoms with Crippen molar-refractivity contribution in [2.45, 2.75) is 26.7 Å². The van der Waals surface area contributed by atoms with Gasteiger partial charge in [-0.2, -0.15) is 0 Å². The third-order valence-electron chi connectivity index (χ3n) is 6.37. The number of primary amides is 1. The molecule has 36 heavy (non-hydrogen) atoms. The van der Waals surface area contributed by atoms with E-state index in [0.717, 1.165) is 27.9 Å². The van der Waals surface area contributed by atoms with Crippen molar-refractivity contribution in [3.8, 4) is 33.9 Å². The van der Waals surface area contributed by atoms with Crippen LogP contribution in [-0.2, 0) is 4.79 Å². The number of aromatic nitrogens is 2. The summed E-state index contributed by atoms with van der Waals surface area (Å²) < 4.78 is 17.3. The van der Waals surface area contributed by atoms with Crippen molar-refractivity contribution in [1.82, 2.24) is 9.97 Å². The van der Waals surface area contributed by atoms with E-state index in [1.54, 1.807) is 14.2 Å². The van der Waals surface area contributed by atoms with Gasteiger partial charge in [-0.1, -0.05) is 44.2 Å². The minimum absolute atomic E-state index is 0.103. The van der Waals surface area contributed by atoms with Crippen LogP contribution in [0.4, 0.5) is 5.82 Å². The van der Waals surface area contributed by atoms with Crippen LogP contribution in [0, 0.1) is 5.92 Å². The predicted octanol–water partition coefficient (Wildman–Crippen LogP) is 5.30. The SMILES string of the molecule is CC.COc1ccc(-c2oc3ncnc(N4CCC(C(N)=O)CC4)c3c2-c2ccccc2)cc1OC. The fraction of sp³-hybridized carbons (Fsp3) is 0.321. The van der Waals surface area contributed by atoms with Crippen molar-refractivity contribution in [3.63, 3.8) is 0 Å². The van der Waals surface area contributed by atoms with Crippen LogP contribution < -0.4 is 20.1 Å². The Morgan fingerprint density at radius 1 is 0.972 bits per heavy atom. The number of furan rings is 1. The number of piperidine rings is 1. The molecule has 1 fully saturated rings. The highest BCUT2D eigenvalue weighted by Gasteiger charge is 2.28. The first-order chi connectivity index (χ1) is 17.6. The number of hydrogen-bond acceptors (Lipinski definition) is 7.